The van der Waals surface area contributed by atoms with Gasteiger partial charge in [0.25, 0.3) is 0 Å². The molecule has 0 N–H and O–H groups in total. The number of methoxy groups -OCH3 is 1. The molecular formula is C12H11Cl2N3O. The maximum absolute atomic E-state index is 6.06. The van der Waals surface area contributed by atoms with Crippen molar-refractivity contribution in [1.29, 1.82) is 0 Å². The summed E-state index contributed by atoms with van der Waals surface area (Å²) in [5.74, 6) is 1.31. The van der Waals surface area contributed by atoms with Gasteiger partial charge in [-0.2, -0.15) is 4.98 Å². The summed E-state index contributed by atoms with van der Waals surface area (Å²) < 4.78 is 5.18. The van der Waals surface area contributed by atoms with Crippen LogP contribution in [0.3, 0.4) is 0 Å². The third kappa shape index (κ3) is 2.66. The van der Waals surface area contributed by atoms with Crippen molar-refractivity contribution < 1.29 is 4.74 Å². The molecule has 2 rings (SSSR count). The number of hydrogen-bond donors (Lipinski definition) is 0. The minimum absolute atomic E-state index is 0.157. The molecule has 1 aromatic heterocycles. The molecule has 0 unspecified atom stereocenters. The molecule has 0 amide bonds. The number of hydrogen-bond acceptors (Lipinski definition) is 4. The summed E-state index contributed by atoms with van der Waals surface area (Å²) in [6.07, 6.45) is 1.48. The SMILES string of the molecule is COc1cccc(N(C)c2nc(Cl)ncc2Cl)c1. The zero-order valence-electron chi connectivity index (χ0n) is 9.89. The zero-order valence-corrected chi connectivity index (χ0v) is 11.4. The third-order valence-corrected chi connectivity index (χ3v) is 2.90. The van der Waals surface area contributed by atoms with Crippen LogP contribution in [-0.4, -0.2) is 24.1 Å². The van der Waals surface area contributed by atoms with Crippen LogP contribution in [0.5, 0.6) is 5.75 Å². The Kier molecular flexibility index (Phi) is 3.89. The second kappa shape index (κ2) is 5.42. The van der Waals surface area contributed by atoms with Crippen LogP contribution in [0.4, 0.5) is 11.5 Å². The van der Waals surface area contributed by atoms with Gasteiger partial charge >= 0.3 is 0 Å². The predicted molar refractivity (Wildman–Crippen MR) is 73.1 cm³/mol. The molecule has 0 bridgehead atoms. The predicted octanol–water partition coefficient (Wildman–Crippen LogP) is 3.56. The summed E-state index contributed by atoms with van der Waals surface area (Å²) in [7, 11) is 3.47. The summed E-state index contributed by atoms with van der Waals surface area (Å²) >= 11 is 11.8. The Morgan fingerprint density at radius 3 is 2.78 bits per heavy atom. The van der Waals surface area contributed by atoms with Gasteiger partial charge in [-0.05, 0) is 23.7 Å². The Hall–Kier alpha value is -1.52. The Balaban J connectivity index is 2.40. The number of rotatable bonds is 3. The van der Waals surface area contributed by atoms with Crippen molar-refractivity contribution in [2.45, 2.75) is 0 Å². The van der Waals surface area contributed by atoms with Gasteiger partial charge in [-0.1, -0.05) is 17.7 Å². The van der Waals surface area contributed by atoms with Crippen molar-refractivity contribution in [1.82, 2.24) is 9.97 Å². The number of anilines is 2. The fourth-order valence-corrected chi connectivity index (χ4v) is 1.86. The standard InChI is InChI=1S/C12H11Cl2N3O/c1-17(8-4-3-5-9(6-8)18-2)11-10(13)7-15-12(14)16-11/h3-7H,1-2H3. The average molecular weight is 284 g/mol. The Bertz CT molecular complexity index is 563. The van der Waals surface area contributed by atoms with Crippen LogP contribution in [0.1, 0.15) is 0 Å². The van der Waals surface area contributed by atoms with E-state index in [1.807, 2.05) is 36.2 Å². The molecule has 1 heterocycles. The van der Waals surface area contributed by atoms with Gasteiger partial charge in [-0.25, -0.2) is 4.98 Å². The molecule has 0 aliphatic rings. The summed E-state index contributed by atoms with van der Waals surface area (Å²) in [4.78, 5) is 9.75. The van der Waals surface area contributed by atoms with Gasteiger partial charge in [0.2, 0.25) is 5.28 Å². The lowest BCUT2D eigenvalue weighted by atomic mass is 10.3. The molecule has 6 heteroatoms. The summed E-state index contributed by atoms with van der Waals surface area (Å²) in [5, 5.41) is 0.592. The van der Waals surface area contributed by atoms with Crippen LogP contribution in [0.2, 0.25) is 10.3 Å². The highest BCUT2D eigenvalue weighted by atomic mass is 35.5. The van der Waals surface area contributed by atoms with Crippen molar-refractivity contribution in [3.05, 3.63) is 40.8 Å². The van der Waals surface area contributed by atoms with Crippen molar-refractivity contribution >= 4 is 34.7 Å². The van der Waals surface area contributed by atoms with Gasteiger partial charge < -0.3 is 9.64 Å². The van der Waals surface area contributed by atoms with Crippen LogP contribution in [0.15, 0.2) is 30.5 Å². The molecule has 0 spiro atoms. The van der Waals surface area contributed by atoms with E-state index in [1.165, 1.54) is 6.20 Å². The lowest BCUT2D eigenvalue weighted by molar-refractivity contribution is 0.415. The van der Waals surface area contributed by atoms with Gasteiger partial charge in [-0.15, -0.1) is 0 Å². The first-order valence-corrected chi connectivity index (χ1v) is 5.93. The van der Waals surface area contributed by atoms with Crippen molar-refractivity contribution in [3.63, 3.8) is 0 Å². The maximum atomic E-state index is 6.06. The maximum Gasteiger partial charge on any atom is 0.224 e. The Morgan fingerprint density at radius 2 is 2.06 bits per heavy atom. The number of halogens is 2. The van der Waals surface area contributed by atoms with Gasteiger partial charge in [-0.3, -0.25) is 0 Å². The molecule has 0 saturated heterocycles. The third-order valence-electron chi connectivity index (χ3n) is 2.45. The molecule has 2 aromatic rings. The minimum Gasteiger partial charge on any atom is -0.497 e. The highest BCUT2D eigenvalue weighted by Crippen LogP contribution is 2.30. The van der Waals surface area contributed by atoms with E-state index in [1.54, 1.807) is 7.11 Å². The molecule has 1 aromatic carbocycles. The van der Waals surface area contributed by atoms with Crippen molar-refractivity contribution in [2.75, 3.05) is 19.1 Å². The fraction of sp³-hybridized carbons (Fsp3) is 0.167. The first-order chi connectivity index (χ1) is 8.61. The highest BCUT2D eigenvalue weighted by molar-refractivity contribution is 6.33. The Labute approximate surface area is 115 Å². The Morgan fingerprint density at radius 1 is 1.28 bits per heavy atom. The van der Waals surface area contributed by atoms with E-state index in [0.717, 1.165) is 11.4 Å². The van der Waals surface area contributed by atoms with E-state index in [9.17, 15) is 0 Å². The molecule has 0 aliphatic heterocycles. The smallest absolute Gasteiger partial charge is 0.224 e. The molecule has 94 valence electrons. The van der Waals surface area contributed by atoms with E-state index in [0.29, 0.717) is 10.8 Å². The summed E-state index contributed by atoms with van der Waals surface area (Å²) in [6, 6.07) is 7.56. The molecule has 0 fully saturated rings. The monoisotopic (exact) mass is 283 g/mol. The summed E-state index contributed by atoms with van der Waals surface area (Å²) in [5.41, 5.74) is 0.894. The van der Waals surface area contributed by atoms with Gasteiger partial charge in [0.1, 0.15) is 10.8 Å². The van der Waals surface area contributed by atoms with Gasteiger partial charge in [0.05, 0.1) is 13.3 Å². The van der Waals surface area contributed by atoms with Crippen LogP contribution in [0.25, 0.3) is 0 Å². The average Bonchev–Trinajstić information content (AvgIpc) is 2.41. The molecule has 18 heavy (non-hydrogen) atoms. The molecule has 0 aliphatic carbocycles. The van der Waals surface area contributed by atoms with Crippen LogP contribution in [0, 0.1) is 0 Å². The van der Waals surface area contributed by atoms with E-state index >= 15 is 0 Å². The highest BCUT2D eigenvalue weighted by Gasteiger charge is 2.11. The molecule has 4 nitrogen and oxygen atoms in total. The van der Waals surface area contributed by atoms with Crippen LogP contribution >= 0.6 is 23.2 Å². The number of benzene rings is 1. The van der Waals surface area contributed by atoms with Gasteiger partial charge in [0, 0.05) is 18.8 Å². The van der Waals surface area contributed by atoms with Crippen molar-refractivity contribution in [3.8, 4) is 5.75 Å². The van der Waals surface area contributed by atoms with Crippen LogP contribution in [-0.2, 0) is 0 Å². The largest absolute Gasteiger partial charge is 0.497 e. The molecule has 0 atom stereocenters. The summed E-state index contributed by atoms with van der Waals surface area (Å²) in [6.45, 7) is 0. The van der Waals surface area contributed by atoms with E-state index < -0.39 is 0 Å². The topological polar surface area (TPSA) is 38.2 Å². The van der Waals surface area contributed by atoms with E-state index in [-0.39, 0.29) is 5.28 Å². The first-order valence-electron chi connectivity index (χ1n) is 5.17. The minimum atomic E-state index is 0.157. The molecular weight excluding hydrogens is 273 g/mol. The zero-order chi connectivity index (χ0) is 13.1. The normalized spacial score (nSPS) is 10.2. The lowest BCUT2D eigenvalue weighted by Gasteiger charge is -2.19. The molecule has 0 saturated carbocycles. The fourth-order valence-electron chi connectivity index (χ4n) is 1.51. The number of ether oxygens (including phenoxy) is 1. The van der Waals surface area contributed by atoms with E-state index in [4.69, 9.17) is 27.9 Å². The van der Waals surface area contributed by atoms with Gasteiger partial charge in [0.15, 0.2) is 5.82 Å². The number of nitrogens with zero attached hydrogens (tertiary/aromatic N) is 3. The molecule has 0 radical (unpaired) electrons. The van der Waals surface area contributed by atoms with E-state index in [2.05, 4.69) is 9.97 Å². The lowest BCUT2D eigenvalue weighted by Crippen LogP contribution is -2.12. The van der Waals surface area contributed by atoms with Crippen LogP contribution < -0.4 is 9.64 Å². The second-order valence-corrected chi connectivity index (χ2v) is 4.32. The number of aromatic nitrogens is 2. The quantitative estimate of drug-likeness (QED) is 0.808. The second-order valence-electron chi connectivity index (χ2n) is 3.57. The van der Waals surface area contributed by atoms with Crippen molar-refractivity contribution in [2.24, 2.45) is 0 Å². The first kappa shape index (κ1) is 12.9.